The predicted molar refractivity (Wildman–Crippen MR) is 114 cm³/mol. The smallest absolute Gasteiger partial charge is 0.0433 e. The van der Waals surface area contributed by atoms with Gasteiger partial charge in [0.1, 0.15) is 0 Å². The molecule has 1 heteroatoms. The third-order valence-corrected chi connectivity index (χ3v) is 10.9. The summed E-state index contributed by atoms with van der Waals surface area (Å²) in [6, 6.07) is 0. The molecule has 0 amide bonds. The molecule has 1 unspecified atom stereocenters. The van der Waals surface area contributed by atoms with Crippen LogP contribution in [0.15, 0.2) is 11.6 Å². The van der Waals surface area contributed by atoms with Crippen molar-refractivity contribution in [2.24, 2.45) is 45.3 Å². The Bertz CT molecular complexity index is 618. The van der Waals surface area contributed by atoms with Gasteiger partial charge in [-0.15, -0.1) is 0 Å². The van der Waals surface area contributed by atoms with Gasteiger partial charge in [0.15, 0.2) is 0 Å². The van der Waals surface area contributed by atoms with E-state index in [2.05, 4.69) is 47.6 Å². The topological polar surface area (TPSA) is 20.2 Å². The maximum atomic E-state index is 9.53. The lowest BCUT2D eigenvalue weighted by Gasteiger charge is -2.63. The van der Waals surface area contributed by atoms with E-state index in [0.29, 0.717) is 34.2 Å². The molecule has 0 aromatic carbocycles. The number of hydrogen-bond donors (Lipinski definition) is 1. The quantitative estimate of drug-likeness (QED) is 0.529. The molecule has 4 aliphatic rings. The van der Waals surface area contributed by atoms with Crippen molar-refractivity contribution >= 4 is 0 Å². The van der Waals surface area contributed by atoms with Crippen LogP contribution in [0, 0.1) is 45.3 Å². The molecule has 0 saturated heterocycles. The highest BCUT2D eigenvalue weighted by atomic mass is 16.3. The Kier molecular flexibility index (Phi) is 4.70. The molecule has 0 aromatic rings. The Morgan fingerprint density at radius 3 is 2.48 bits per heavy atom. The molecule has 4 rings (SSSR count). The molecule has 3 fully saturated rings. The van der Waals surface area contributed by atoms with E-state index in [4.69, 9.17) is 0 Å². The van der Waals surface area contributed by atoms with E-state index in [1.54, 1.807) is 0 Å². The second-order valence-electron chi connectivity index (χ2n) is 12.3. The molecule has 0 aromatic heterocycles. The summed E-state index contributed by atoms with van der Waals surface area (Å²) >= 11 is 0. The van der Waals surface area contributed by atoms with Crippen LogP contribution >= 0.6 is 0 Å². The molecule has 27 heavy (non-hydrogen) atoms. The minimum atomic E-state index is 0.352. The third kappa shape index (κ3) is 2.59. The van der Waals surface area contributed by atoms with Crippen molar-refractivity contribution in [1.82, 2.24) is 0 Å². The van der Waals surface area contributed by atoms with Crippen molar-refractivity contribution in [3.05, 3.63) is 11.6 Å². The monoisotopic (exact) mass is 372 g/mol. The maximum Gasteiger partial charge on any atom is 0.0433 e. The van der Waals surface area contributed by atoms with Gasteiger partial charge in [0.2, 0.25) is 0 Å². The summed E-state index contributed by atoms with van der Waals surface area (Å²) in [4.78, 5) is 0. The Balaban J connectivity index is 1.71. The first-order valence-electron chi connectivity index (χ1n) is 11.9. The fraction of sp³-hybridized carbons (Fsp3) is 0.923. The van der Waals surface area contributed by atoms with Crippen LogP contribution in [0.5, 0.6) is 0 Å². The Morgan fingerprint density at radius 1 is 1.04 bits per heavy atom. The van der Waals surface area contributed by atoms with E-state index in [1.807, 2.05) is 5.57 Å². The number of fused-ring (bicyclic) bond motifs is 5. The summed E-state index contributed by atoms with van der Waals surface area (Å²) < 4.78 is 0. The van der Waals surface area contributed by atoms with Crippen LogP contribution in [0.4, 0.5) is 0 Å². The van der Waals surface area contributed by atoms with Gasteiger partial charge in [0.05, 0.1) is 0 Å². The van der Waals surface area contributed by atoms with E-state index in [9.17, 15) is 5.11 Å². The predicted octanol–water partition coefficient (Wildman–Crippen LogP) is 7.00. The SMILES string of the molecule is CC(CCO)[C@@H]1CC[C@]2(C)C3=CC[C@H]4C(C)(C)CCC[C@]4(C)[C@H]3CC[C@@]12C. The van der Waals surface area contributed by atoms with E-state index < -0.39 is 0 Å². The van der Waals surface area contributed by atoms with Crippen molar-refractivity contribution < 1.29 is 5.11 Å². The van der Waals surface area contributed by atoms with Gasteiger partial charge in [-0.1, -0.05) is 59.6 Å². The van der Waals surface area contributed by atoms with Crippen molar-refractivity contribution in [1.29, 1.82) is 0 Å². The van der Waals surface area contributed by atoms with Gasteiger partial charge in [-0.2, -0.15) is 0 Å². The second-order valence-corrected chi connectivity index (χ2v) is 12.3. The zero-order valence-electron chi connectivity index (χ0n) is 18.9. The standard InChI is InChI=1S/C26H44O/c1-18(12-17-27)19-10-15-26(6)21-8-9-22-23(2,3)13-7-14-24(22,4)20(21)11-16-25(19,26)5/h8,18-20,22,27H,7,9-17H2,1-6H3/t18?,19-,20-,22-,24+,25-,26+/m0/s1. The molecular formula is C26H44O. The van der Waals surface area contributed by atoms with Crippen molar-refractivity contribution in [2.45, 2.75) is 99.3 Å². The highest BCUT2D eigenvalue weighted by Crippen LogP contribution is 2.73. The molecule has 7 atom stereocenters. The summed E-state index contributed by atoms with van der Waals surface area (Å²) in [5, 5.41) is 9.53. The summed E-state index contributed by atoms with van der Waals surface area (Å²) in [5.41, 5.74) is 3.71. The van der Waals surface area contributed by atoms with E-state index >= 15 is 0 Å². The van der Waals surface area contributed by atoms with Gasteiger partial charge in [-0.3, -0.25) is 0 Å². The molecule has 0 heterocycles. The van der Waals surface area contributed by atoms with Crippen molar-refractivity contribution in [2.75, 3.05) is 6.61 Å². The zero-order valence-corrected chi connectivity index (χ0v) is 18.9. The van der Waals surface area contributed by atoms with E-state index in [0.717, 1.165) is 24.2 Å². The number of hydrogen-bond acceptors (Lipinski definition) is 1. The first-order valence-corrected chi connectivity index (χ1v) is 11.9. The van der Waals surface area contributed by atoms with Gasteiger partial charge in [-0.05, 0) is 96.7 Å². The average Bonchev–Trinajstić information content (AvgIpc) is 2.86. The molecular weight excluding hydrogens is 328 g/mol. The number of aliphatic hydroxyl groups excluding tert-OH is 1. The highest BCUT2D eigenvalue weighted by molar-refractivity contribution is 5.33. The Morgan fingerprint density at radius 2 is 1.78 bits per heavy atom. The molecule has 1 N–H and O–H groups in total. The van der Waals surface area contributed by atoms with Gasteiger partial charge in [-0.25, -0.2) is 0 Å². The van der Waals surface area contributed by atoms with Gasteiger partial charge >= 0.3 is 0 Å². The largest absolute Gasteiger partial charge is 0.396 e. The Hall–Kier alpha value is -0.300. The van der Waals surface area contributed by atoms with E-state index in [-0.39, 0.29) is 0 Å². The number of allylic oxidation sites excluding steroid dienone is 2. The first kappa shape index (κ1) is 20.0. The van der Waals surface area contributed by atoms with Crippen LogP contribution in [0.1, 0.15) is 99.3 Å². The molecule has 0 bridgehead atoms. The van der Waals surface area contributed by atoms with Crippen LogP contribution in [-0.4, -0.2) is 11.7 Å². The van der Waals surface area contributed by atoms with Crippen LogP contribution in [0.25, 0.3) is 0 Å². The number of aliphatic hydroxyl groups is 1. The molecule has 3 saturated carbocycles. The van der Waals surface area contributed by atoms with E-state index in [1.165, 1.54) is 51.4 Å². The summed E-state index contributed by atoms with van der Waals surface area (Å²) in [6.07, 6.45) is 14.9. The Labute approximate surface area is 168 Å². The minimum Gasteiger partial charge on any atom is -0.396 e. The lowest BCUT2D eigenvalue weighted by Crippen LogP contribution is -2.55. The van der Waals surface area contributed by atoms with Gasteiger partial charge < -0.3 is 5.11 Å². The lowest BCUT2D eigenvalue weighted by molar-refractivity contribution is -0.0801. The summed E-state index contributed by atoms with van der Waals surface area (Å²) in [6.45, 7) is 15.8. The first-order chi connectivity index (χ1) is 12.6. The van der Waals surface area contributed by atoms with Gasteiger partial charge in [0.25, 0.3) is 0 Å². The minimum absolute atomic E-state index is 0.352. The molecule has 154 valence electrons. The molecule has 4 aliphatic carbocycles. The fourth-order valence-corrected chi connectivity index (χ4v) is 9.16. The molecule has 0 aliphatic heterocycles. The fourth-order valence-electron chi connectivity index (χ4n) is 9.16. The lowest BCUT2D eigenvalue weighted by atomic mass is 9.41. The molecule has 0 spiro atoms. The van der Waals surface area contributed by atoms with Crippen LogP contribution in [0.3, 0.4) is 0 Å². The summed E-state index contributed by atoms with van der Waals surface area (Å²) in [7, 11) is 0. The number of rotatable bonds is 3. The van der Waals surface area contributed by atoms with Crippen LogP contribution < -0.4 is 0 Å². The van der Waals surface area contributed by atoms with Crippen LogP contribution in [0.2, 0.25) is 0 Å². The second kappa shape index (κ2) is 6.35. The van der Waals surface area contributed by atoms with Crippen molar-refractivity contribution in [3.8, 4) is 0 Å². The molecule has 0 radical (unpaired) electrons. The zero-order chi connectivity index (χ0) is 19.7. The highest BCUT2D eigenvalue weighted by Gasteiger charge is 2.64. The third-order valence-electron chi connectivity index (χ3n) is 10.9. The van der Waals surface area contributed by atoms with Crippen LogP contribution in [-0.2, 0) is 0 Å². The summed E-state index contributed by atoms with van der Waals surface area (Å²) in [5.74, 6) is 3.12. The maximum absolute atomic E-state index is 9.53. The van der Waals surface area contributed by atoms with Gasteiger partial charge in [0, 0.05) is 6.61 Å². The van der Waals surface area contributed by atoms with Crippen molar-refractivity contribution in [3.63, 3.8) is 0 Å². The normalized spacial score (nSPS) is 49.6. The average molecular weight is 373 g/mol. The molecule has 1 nitrogen and oxygen atoms in total.